The predicted molar refractivity (Wildman–Crippen MR) is 70.1 cm³/mol. The molecule has 0 unspecified atom stereocenters. The molecular weight excluding hydrogens is 248 g/mol. The summed E-state index contributed by atoms with van der Waals surface area (Å²) in [5.74, 6) is 9.40. The molecule has 0 bridgehead atoms. The number of benzene rings is 1. The van der Waals surface area contributed by atoms with Crippen LogP contribution in [0.15, 0.2) is 30.9 Å². The van der Waals surface area contributed by atoms with Crippen LogP contribution in [0.5, 0.6) is 5.75 Å². The van der Waals surface area contributed by atoms with Gasteiger partial charge in [0.1, 0.15) is 5.75 Å². The molecule has 7 heteroatoms. The van der Waals surface area contributed by atoms with Gasteiger partial charge in [0.2, 0.25) is 0 Å². The number of hydrazine groups is 2. The number of nitrogen functional groups attached to an aromatic ring is 2. The van der Waals surface area contributed by atoms with Gasteiger partial charge < -0.3 is 4.74 Å². The molecule has 0 aliphatic heterocycles. The summed E-state index contributed by atoms with van der Waals surface area (Å²) in [5, 5.41) is 0. The molecule has 102 valence electrons. The van der Waals surface area contributed by atoms with Crippen LogP contribution in [0.2, 0.25) is 0 Å². The SMILES string of the molecule is C=CCCOc1cc(C(=O)NN)ccc1C(=O)NN. The van der Waals surface area contributed by atoms with E-state index >= 15 is 0 Å². The van der Waals surface area contributed by atoms with Gasteiger partial charge in [-0.3, -0.25) is 20.4 Å². The van der Waals surface area contributed by atoms with E-state index in [9.17, 15) is 9.59 Å². The summed E-state index contributed by atoms with van der Waals surface area (Å²) in [6.07, 6.45) is 2.29. The highest BCUT2D eigenvalue weighted by atomic mass is 16.5. The second kappa shape index (κ2) is 7.14. The summed E-state index contributed by atoms with van der Waals surface area (Å²) in [5.41, 5.74) is 4.53. The third-order valence-corrected chi connectivity index (χ3v) is 2.33. The minimum Gasteiger partial charge on any atom is -0.492 e. The van der Waals surface area contributed by atoms with E-state index in [0.29, 0.717) is 13.0 Å². The number of nitrogens with one attached hydrogen (secondary N) is 2. The van der Waals surface area contributed by atoms with Crippen LogP contribution >= 0.6 is 0 Å². The van der Waals surface area contributed by atoms with Crippen LogP contribution in [-0.2, 0) is 0 Å². The number of carbonyl (C=O) groups excluding carboxylic acids is 2. The number of hydrogen-bond donors (Lipinski definition) is 4. The average molecular weight is 264 g/mol. The summed E-state index contributed by atoms with van der Waals surface area (Å²) >= 11 is 0. The Hall–Kier alpha value is -2.38. The van der Waals surface area contributed by atoms with Gasteiger partial charge in [-0.05, 0) is 24.6 Å². The quantitative estimate of drug-likeness (QED) is 0.187. The molecule has 2 amide bonds. The topological polar surface area (TPSA) is 119 Å². The van der Waals surface area contributed by atoms with E-state index in [2.05, 4.69) is 6.58 Å². The average Bonchev–Trinajstić information content (AvgIpc) is 2.45. The lowest BCUT2D eigenvalue weighted by Crippen LogP contribution is -2.31. The van der Waals surface area contributed by atoms with E-state index in [1.807, 2.05) is 10.9 Å². The van der Waals surface area contributed by atoms with E-state index in [0.717, 1.165) is 0 Å². The number of hydrogen-bond acceptors (Lipinski definition) is 5. The molecule has 0 fully saturated rings. The predicted octanol–water partition coefficient (Wildman–Crippen LogP) is -0.151. The third-order valence-electron chi connectivity index (χ3n) is 2.33. The molecule has 0 aliphatic rings. The Kier molecular flexibility index (Phi) is 5.52. The second-order valence-electron chi connectivity index (χ2n) is 3.58. The highest BCUT2D eigenvalue weighted by Crippen LogP contribution is 2.21. The van der Waals surface area contributed by atoms with Crippen molar-refractivity contribution in [3.63, 3.8) is 0 Å². The van der Waals surface area contributed by atoms with E-state index in [1.54, 1.807) is 6.08 Å². The van der Waals surface area contributed by atoms with Crippen molar-refractivity contribution in [1.29, 1.82) is 0 Å². The Balaban J connectivity index is 3.06. The number of ether oxygens (including phenoxy) is 1. The largest absolute Gasteiger partial charge is 0.492 e. The van der Waals surface area contributed by atoms with Crippen molar-refractivity contribution in [3.8, 4) is 5.75 Å². The summed E-state index contributed by atoms with van der Waals surface area (Å²) in [6, 6.07) is 4.32. The van der Waals surface area contributed by atoms with Crippen LogP contribution in [0.3, 0.4) is 0 Å². The maximum absolute atomic E-state index is 11.6. The van der Waals surface area contributed by atoms with Crippen LogP contribution in [-0.4, -0.2) is 18.4 Å². The smallest absolute Gasteiger partial charge is 0.268 e. The van der Waals surface area contributed by atoms with Crippen LogP contribution in [0.4, 0.5) is 0 Å². The molecule has 0 saturated heterocycles. The Morgan fingerprint density at radius 1 is 1.26 bits per heavy atom. The van der Waals surface area contributed by atoms with Crippen molar-refractivity contribution >= 4 is 11.8 Å². The van der Waals surface area contributed by atoms with Crippen LogP contribution in [0.25, 0.3) is 0 Å². The molecule has 19 heavy (non-hydrogen) atoms. The Morgan fingerprint density at radius 2 is 1.95 bits per heavy atom. The van der Waals surface area contributed by atoms with Gasteiger partial charge in [-0.15, -0.1) is 6.58 Å². The first-order chi connectivity index (χ1) is 9.13. The Morgan fingerprint density at radius 3 is 2.53 bits per heavy atom. The van der Waals surface area contributed by atoms with Crippen LogP contribution in [0, 0.1) is 0 Å². The van der Waals surface area contributed by atoms with Crippen molar-refractivity contribution in [2.45, 2.75) is 6.42 Å². The van der Waals surface area contributed by atoms with E-state index < -0.39 is 11.8 Å². The van der Waals surface area contributed by atoms with Gasteiger partial charge in [-0.1, -0.05) is 6.08 Å². The van der Waals surface area contributed by atoms with Gasteiger partial charge in [0.05, 0.1) is 12.2 Å². The molecule has 0 saturated carbocycles. The first kappa shape index (κ1) is 14.7. The third kappa shape index (κ3) is 3.80. The molecule has 0 aliphatic carbocycles. The van der Waals surface area contributed by atoms with Crippen molar-refractivity contribution in [1.82, 2.24) is 10.9 Å². The van der Waals surface area contributed by atoms with E-state index in [-0.39, 0.29) is 16.9 Å². The van der Waals surface area contributed by atoms with Gasteiger partial charge in [-0.25, -0.2) is 11.7 Å². The Bertz CT molecular complexity index is 488. The number of nitrogens with two attached hydrogens (primary N) is 2. The molecule has 1 aromatic rings. The fraction of sp³-hybridized carbons (Fsp3) is 0.167. The molecule has 1 aromatic carbocycles. The number of amides is 2. The summed E-state index contributed by atoms with van der Waals surface area (Å²) in [7, 11) is 0. The molecule has 0 heterocycles. The zero-order valence-electron chi connectivity index (χ0n) is 10.3. The standard InChI is InChI=1S/C12H16N4O3/c1-2-3-6-19-10-7-8(11(17)15-13)4-5-9(10)12(18)16-14/h2,4-5,7H,1,3,6,13-14H2,(H,15,17)(H,16,18). The monoisotopic (exact) mass is 264 g/mol. The van der Waals surface area contributed by atoms with Crippen LogP contribution < -0.4 is 27.3 Å². The zero-order valence-corrected chi connectivity index (χ0v) is 10.3. The van der Waals surface area contributed by atoms with Gasteiger partial charge in [-0.2, -0.15) is 0 Å². The summed E-state index contributed by atoms with van der Waals surface area (Å²) in [6.45, 7) is 3.90. The molecule has 7 nitrogen and oxygen atoms in total. The first-order valence-electron chi connectivity index (χ1n) is 5.53. The Labute approximate surface area is 110 Å². The van der Waals surface area contributed by atoms with Crippen molar-refractivity contribution < 1.29 is 14.3 Å². The molecule has 1 rings (SSSR count). The number of rotatable bonds is 6. The van der Waals surface area contributed by atoms with Gasteiger partial charge in [0.15, 0.2) is 0 Å². The molecular formula is C12H16N4O3. The minimum atomic E-state index is -0.506. The van der Waals surface area contributed by atoms with Gasteiger partial charge >= 0.3 is 0 Å². The summed E-state index contributed by atoms with van der Waals surface area (Å²) in [4.78, 5) is 23.0. The van der Waals surface area contributed by atoms with Gasteiger partial charge in [0.25, 0.3) is 11.8 Å². The maximum Gasteiger partial charge on any atom is 0.268 e. The lowest BCUT2D eigenvalue weighted by Gasteiger charge is -2.11. The maximum atomic E-state index is 11.6. The highest BCUT2D eigenvalue weighted by molar-refractivity contribution is 5.99. The molecule has 0 aromatic heterocycles. The second-order valence-corrected chi connectivity index (χ2v) is 3.58. The molecule has 0 atom stereocenters. The van der Waals surface area contributed by atoms with Crippen molar-refractivity contribution in [3.05, 3.63) is 42.0 Å². The lowest BCUT2D eigenvalue weighted by atomic mass is 10.1. The zero-order chi connectivity index (χ0) is 14.3. The molecule has 0 radical (unpaired) electrons. The van der Waals surface area contributed by atoms with Crippen molar-refractivity contribution in [2.75, 3.05) is 6.61 Å². The van der Waals surface area contributed by atoms with E-state index in [4.69, 9.17) is 16.4 Å². The van der Waals surface area contributed by atoms with Crippen molar-refractivity contribution in [2.24, 2.45) is 11.7 Å². The summed E-state index contributed by atoms with van der Waals surface area (Å²) < 4.78 is 5.43. The van der Waals surface area contributed by atoms with E-state index in [1.165, 1.54) is 18.2 Å². The van der Waals surface area contributed by atoms with Crippen LogP contribution in [0.1, 0.15) is 27.1 Å². The number of carbonyl (C=O) groups is 2. The normalized spacial score (nSPS) is 9.58. The fourth-order valence-electron chi connectivity index (χ4n) is 1.38. The lowest BCUT2D eigenvalue weighted by molar-refractivity contribution is 0.0938. The molecule has 0 spiro atoms. The minimum absolute atomic E-state index is 0.236. The van der Waals surface area contributed by atoms with Gasteiger partial charge in [0, 0.05) is 5.56 Å². The fourth-order valence-corrected chi connectivity index (χ4v) is 1.38. The first-order valence-corrected chi connectivity index (χ1v) is 5.53. The highest BCUT2D eigenvalue weighted by Gasteiger charge is 2.14. The molecule has 6 N–H and O–H groups in total.